The predicted octanol–water partition coefficient (Wildman–Crippen LogP) is 3.31. The Labute approximate surface area is 206 Å². The number of halogens is 1. The maximum absolute atomic E-state index is 13.0. The number of rotatable bonds is 6. The second kappa shape index (κ2) is 9.64. The number of β-amino-alcohol motifs (C(OH)–C–C–N with tert-alkyl or cyclic N) is 1. The van der Waals surface area contributed by atoms with Gasteiger partial charge in [0.2, 0.25) is 11.6 Å². The molecule has 2 aliphatic heterocycles. The molecule has 3 aliphatic rings. The second-order valence-electron chi connectivity index (χ2n) is 9.02. The largest absolute Gasteiger partial charge is 0.497 e. The van der Waals surface area contributed by atoms with Crippen LogP contribution in [0.2, 0.25) is 0 Å². The lowest BCUT2D eigenvalue weighted by atomic mass is 9.89. The summed E-state index contributed by atoms with van der Waals surface area (Å²) in [6.45, 7) is 2.01. The molecule has 0 radical (unpaired) electrons. The Balaban J connectivity index is 1.21. The number of methoxy groups -OCH3 is 1. The Hall–Kier alpha value is -2.88. The smallest absolute Gasteiger partial charge is 0.243 e. The van der Waals surface area contributed by atoms with Gasteiger partial charge in [-0.15, -0.1) is 11.8 Å². The molecule has 1 fully saturated rings. The van der Waals surface area contributed by atoms with E-state index in [1.165, 1.54) is 43.1 Å². The van der Waals surface area contributed by atoms with Crippen LogP contribution in [0, 0.1) is 5.82 Å². The molecule has 0 unspecified atom stereocenters. The van der Waals surface area contributed by atoms with Gasteiger partial charge in [-0.05, 0) is 42.5 Å². The standard InChI is InChI=1S/C26H26FNO6S/c1-32-19-6-7-20-21(12-19)22(30)23(31)25-24(20)34-26(15-35-25)8-10-28(11-9-26)13-17(29)14-33-18-4-2-16(27)3-5-18/h2-7,12,17,29H,8-11,13-15H2,1H3/t17-/m0/s1. The third-order valence-corrected chi connectivity index (χ3v) is 7.95. The van der Waals surface area contributed by atoms with Crippen LogP contribution in [0.1, 0.15) is 28.8 Å². The van der Waals surface area contributed by atoms with Gasteiger partial charge in [0.25, 0.3) is 0 Å². The Kier molecular flexibility index (Phi) is 6.57. The van der Waals surface area contributed by atoms with Crippen molar-refractivity contribution in [1.29, 1.82) is 0 Å². The minimum atomic E-state index is -0.686. The summed E-state index contributed by atoms with van der Waals surface area (Å²) in [6, 6.07) is 10.8. The summed E-state index contributed by atoms with van der Waals surface area (Å²) in [5.74, 6) is 0.725. The van der Waals surface area contributed by atoms with Crippen LogP contribution in [0.5, 0.6) is 11.5 Å². The van der Waals surface area contributed by atoms with Gasteiger partial charge in [-0.3, -0.25) is 9.59 Å². The van der Waals surface area contributed by atoms with E-state index in [9.17, 15) is 19.1 Å². The number of nitrogens with zero attached hydrogens (tertiary/aromatic N) is 1. The van der Waals surface area contributed by atoms with E-state index in [-0.39, 0.29) is 12.4 Å². The van der Waals surface area contributed by atoms with E-state index in [0.29, 0.717) is 45.6 Å². The minimum absolute atomic E-state index is 0.117. The molecule has 9 heteroatoms. The molecule has 1 N–H and O–H groups in total. The average molecular weight is 500 g/mol. The van der Waals surface area contributed by atoms with Gasteiger partial charge in [0.15, 0.2) is 0 Å². The number of fused-ring (bicyclic) bond motifs is 2. The van der Waals surface area contributed by atoms with Crippen LogP contribution in [0.25, 0.3) is 5.76 Å². The number of carbonyl (C=O) groups excluding carboxylic acids is 2. The van der Waals surface area contributed by atoms with Gasteiger partial charge in [0.05, 0.1) is 7.11 Å². The number of hydrogen-bond acceptors (Lipinski definition) is 8. The lowest BCUT2D eigenvalue weighted by Crippen LogP contribution is -2.51. The predicted molar refractivity (Wildman–Crippen MR) is 129 cm³/mol. The molecule has 1 saturated heterocycles. The van der Waals surface area contributed by atoms with E-state index < -0.39 is 23.3 Å². The number of aliphatic hydroxyl groups excluding tert-OH is 1. The van der Waals surface area contributed by atoms with Crippen molar-refractivity contribution in [3.05, 3.63) is 64.3 Å². The number of benzene rings is 2. The fraction of sp³-hybridized carbons (Fsp3) is 0.385. The molecule has 1 spiro atoms. The number of Topliss-reactive ketones (excluding diaryl/α,β-unsaturated/α-hetero) is 2. The molecule has 1 atom stereocenters. The number of piperidine rings is 1. The van der Waals surface area contributed by atoms with Crippen LogP contribution in [0.4, 0.5) is 4.39 Å². The molecular formula is C26H26FNO6S. The Morgan fingerprint density at radius 1 is 1.09 bits per heavy atom. The van der Waals surface area contributed by atoms with Crippen molar-refractivity contribution in [3.63, 3.8) is 0 Å². The third kappa shape index (κ3) is 4.80. The topological polar surface area (TPSA) is 85.3 Å². The highest BCUT2D eigenvalue weighted by atomic mass is 32.2. The highest BCUT2D eigenvalue weighted by Crippen LogP contribution is 2.47. The molecule has 7 nitrogen and oxygen atoms in total. The van der Waals surface area contributed by atoms with E-state index in [0.717, 1.165) is 25.9 Å². The Bertz CT molecular complexity index is 1170. The zero-order chi connectivity index (χ0) is 24.6. The molecule has 35 heavy (non-hydrogen) atoms. The molecule has 184 valence electrons. The number of ketones is 2. The highest BCUT2D eigenvalue weighted by Gasteiger charge is 2.46. The first kappa shape index (κ1) is 23.8. The lowest BCUT2D eigenvalue weighted by Gasteiger charge is -2.45. The quantitative estimate of drug-likeness (QED) is 0.606. The first-order valence-corrected chi connectivity index (χ1v) is 12.5. The monoisotopic (exact) mass is 499 g/mol. The summed E-state index contributed by atoms with van der Waals surface area (Å²) in [6.07, 6.45) is 0.778. The molecule has 0 aromatic heterocycles. The van der Waals surface area contributed by atoms with Gasteiger partial charge in [-0.2, -0.15) is 0 Å². The molecular weight excluding hydrogens is 473 g/mol. The van der Waals surface area contributed by atoms with Crippen molar-refractivity contribution in [2.45, 2.75) is 24.5 Å². The van der Waals surface area contributed by atoms with E-state index in [1.807, 2.05) is 0 Å². The summed E-state index contributed by atoms with van der Waals surface area (Å²) >= 11 is 1.40. The van der Waals surface area contributed by atoms with Crippen LogP contribution in [0.3, 0.4) is 0 Å². The average Bonchev–Trinajstić information content (AvgIpc) is 2.88. The maximum atomic E-state index is 13.0. The fourth-order valence-electron chi connectivity index (χ4n) is 4.63. The molecule has 0 saturated carbocycles. The van der Waals surface area contributed by atoms with Crippen molar-refractivity contribution in [2.75, 3.05) is 39.1 Å². The van der Waals surface area contributed by atoms with E-state index in [2.05, 4.69) is 4.90 Å². The van der Waals surface area contributed by atoms with Crippen LogP contribution < -0.4 is 9.47 Å². The summed E-state index contributed by atoms with van der Waals surface area (Å²) in [4.78, 5) is 27.9. The van der Waals surface area contributed by atoms with Gasteiger partial charge in [-0.1, -0.05) is 0 Å². The molecule has 1 aliphatic carbocycles. The van der Waals surface area contributed by atoms with Gasteiger partial charge in [-0.25, -0.2) is 4.39 Å². The zero-order valence-electron chi connectivity index (χ0n) is 19.3. The van der Waals surface area contributed by atoms with E-state index in [1.54, 1.807) is 18.2 Å². The van der Waals surface area contributed by atoms with Crippen LogP contribution in [-0.4, -0.2) is 72.4 Å². The van der Waals surface area contributed by atoms with Crippen molar-refractivity contribution in [1.82, 2.24) is 4.90 Å². The summed E-state index contributed by atoms with van der Waals surface area (Å²) in [5.41, 5.74) is 0.508. The summed E-state index contributed by atoms with van der Waals surface area (Å²) in [5, 5.41) is 10.4. The normalized spacial score (nSPS) is 20.2. The SMILES string of the molecule is COc1ccc2c(c1)C(=O)C(=O)C1=C2OC2(CCN(C[C@H](O)COc3ccc(F)cc3)CC2)CS1. The van der Waals surface area contributed by atoms with Crippen LogP contribution in [0.15, 0.2) is 47.4 Å². The van der Waals surface area contributed by atoms with E-state index in [4.69, 9.17) is 14.2 Å². The van der Waals surface area contributed by atoms with Crippen molar-refractivity contribution in [2.24, 2.45) is 0 Å². The van der Waals surface area contributed by atoms with Crippen molar-refractivity contribution in [3.8, 4) is 11.5 Å². The van der Waals surface area contributed by atoms with Gasteiger partial charge in [0, 0.05) is 49.4 Å². The van der Waals surface area contributed by atoms with Crippen molar-refractivity contribution >= 4 is 29.1 Å². The van der Waals surface area contributed by atoms with Crippen LogP contribution >= 0.6 is 11.8 Å². The summed E-state index contributed by atoms with van der Waals surface area (Å²) in [7, 11) is 1.52. The summed E-state index contributed by atoms with van der Waals surface area (Å²) < 4.78 is 30.3. The number of ether oxygens (including phenoxy) is 3. The fourth-order valence-corrected chi connectivity index (χ4v) is 5.89. The molecule has 0 amide bonds. The van der Waals surface area contributed by atoms with Gasteiger partial charge in [0.1, 0.15) is 46.3 Å². The Morgan fingerprint density at radius 2 is 1.80 bits per heavy atom. The zero-order valence-corrected chi connectivity index (χ0v) is 20.1. The third-order valence-electron chi connectivity index (χ3n) is 6.63. The molecule has 0 bridgehead atoms. The van der Waals surface area contributed by atoms with Gasteiger partial charge >= 0.3 is 0 Å². The molecule has 5 rings (SSSR count). The van der Waals surface area contributed by atoms with E-state index >= 15 is 0 Å². The van der Waals surface area contributed by atoms with Crippen molar-refractivity contribution < 1.29 is 33.3 Å². The molecule has 2 aromatic rings. The minimum Gasteiger partial charge on any atom is -0.497 e. The molecule has 2 aromatic carbocycles. The second-order valence-corrected chi connectivity index (χ2v) is 10.0. The molecule has 2 heterocycles. The van der Waals surface area contributed by atoms with Crippen LogP contribution in [-0.2, 0) is 9.53 Å². The first-order valence-electron chi connectivity index (χ1n) is 11.5. The highest BCUT2D eigenvalue weighted by molar-refractivity contribution is 8.04. The Morgan fingerprint density at radius 3 is 2.51 bits per heavy atom. The lowest BCUT2D eigenvalue weighted by molar-refractivity contribution is -0.111. The van der Waals surface area contributed by atoms with Gasteiger partial charge < -0.3 is 24.2 Å². The number of likely N-dealkylation sites (tertiary alicyclic amines) is 1. The number of carbonyl (C=O) groups is 2. The first-order chi connectivity index (χ1) is 16.9. The number of thioether (sulfide) groups is 1. The maximum Gasteiger partial charge on any atom is 0.243 e. The number of aliphatic hydroxyl groups is 1. The number of allylic oxidation sites excluding steroid dienone is 1. The number of hydrogen-bond donors (Lipinski definition) is 1.